The molecule has 0 aliphatic rings. The summed E-state index contributed by atoms with van der Waals surface area (Å²) in [5.74, 6) is -0.172. The van der Waals surface area contributed by atoms with Crippen molar-refractivity contribution in [3.05, 3.63) is 46.9 Å². The molecular weight excluding hydrogens is 306 g/mol. The molecule has 8 heteroatoms. The number of rotatable bonds is 4. The fraction of sp³-hybridized carbons (Fsp3) is 0.0769. The van der Waals surface area contributed by atoms with Crippen molar-refractivity contribution in [2.24, 2.45) is 0 Å². The van der Waals surface area contributed by atoms with Crippen LogP contribution in [0.2, 0.25) is 0 Å². The molecule has 0 saturated carbocycles. The van der Waals surface area contributed by atoms with Gasteiger partial charge in [-0.2, -0.15) is 4.68 Å². The molecular formula is C13H11N5OS2. The van der Waals surface area contributed by atoms with Crippen molar-refractivity contribution >= 4 is 34.7 Å². The van der Waals surface area contributed by atoms with E-state index in [4.69, 9.17) is 0 Å². The molecule has 0 bridgehead atoms. The van der Waals surface area contributed by atoms with Gasteiger partial charge in [0, 0.05) is 10.6 Å². The fourth-order valence-corrected chi connectivity index (χ4v) is 3.05. The third-order valence-corrected chi connectivity index (χ3v) is 4.40. The molecule has 0 saturated heterocycles. The zero-order chi connectivity index (χ0) is 14.7. The molecule has 2 heterocycles. The second-order valence-corrected chi connectivity index (χ2v) is 5.87. The minimum atomic E-state index is -0.172. The number of hydrogen-bond donors (Lipinski definition) is 1. The van der Waals surface area contributed by atoms with E-state index in [1.807, 2.05) is 42.0 Å². The highest BCUT2D eigenvalue weighted by Crippen LogP contribution is 2.23. The van der Waals surface area contributed by atoms with Gasteiger partial charge in [-0.05, 0) is 46.3 Å². The third kappa shape index (κ3) is 2.96. The maximum absolute atomic E-state index is 12.4. The van der Waals surface area contributed by atoms with E-state index >= 15 is 0 Å². The second kappa shape index (κ2) is 6.06. The molecule has 0 spiro atoms. The molecule has 0 radical (unpaired) electrons. The number of hydrogen-bond acceptors (Lipinski definition) is 6. The lowest BCUT2D eigenvalue weighted by atomic mass is 10.3. The van der Waals surface area contributed by atoms with Gasteiger partial charge < -0.3 is 5.32 Å². The maximum atomic E-state index is 12.4. The van der Waals surface area contributed by atoms with Gasteiger partial charge in [-0.1, -0.05) is 6.07 Å². The van der Waals surface area contributed by atoms with Crippen molar-refractivity contribution in [2.45, 2.75) is 4.90 Å². The molecule has 1 aromatic carbocycles. The number of amides is 1. The Balaban J connectivity index is 1.85. The molecule has 0 aliphatic carbocycles. The Morgan fingerprint density at radius 2 is 2.29 bits per heavy atom. The normalized spacial score (nSPS) is 10.5. The van der Waals surface area contributed by atoms with E-state index < -0.39 is 0 Å². The molecule has 3 aromatic rings. The van der Waals surface area contributed by atoms with Gasteiger partial charge in [-0.25, -0.2) is 0 Å². The van der Waals surface area contributed by atoms with E-state index in [0.717, 1.165) is 10.6 Å². The number of nitrogens with zero attached hydrogens (tertiary/aromatic N) is 4. The van der Waals surface area contributed by atoms with Gasteiger partial charge >= 0.3 is 0 Å². The van der Waals surface area contributed by atoms with E-state index in [-0.39, 0.29) is 5.91 Å². The predicted octanol–water partition coefficient (Wildman–Crippen LogP) is 2.70. The summed E-state index contributed by atoms with van der Waals surface area (Å²) < 4.78 is 1.48. The smallest absolute Gasteiger partial charge is 0.267 e. The van der Waals surface area contributed by atoms with Crippen LogP contribution in [-0.2, 0) is 0 Å². The third-order valence-electron chi connectivity index (χ3n) is 2.77. The molecule has 0 atom stereocenters. The van der Waals surface area contributed by atoms with Gasteiger partial charge in [-0.15, -0.1) is 28.2 Å². The minimum Gasteiger partial charge on any atom is -0.321 e. The average Bonchev–Trinajstić information content (AvgIpc) is 3.18. The van der Waals surface area contributed by atoms with E-state index in [2.05, 4.69) is 20.8 Å². The molecule has 2 aromatic heterocycles. The molecule has 0 aliphatic heterocycles. The zero-order valence-electron chi connectivity index (χ0n) is 11.1. The predicted molar refractivity (Wildman–Crippen MR) is 83.2 cm³/mol. The average molecular weight is 317 g/mol. The number of thiophene rings is 1. The zero-order valence-corrected chi connectivity index (χ0v) is 12.7. The van der Waals surface area contributed by atoms with Crippen LogP contribution in [0.5, 0.6) is 0 Å². The molecule has 21 heavy (non-hydrogen) atoms. The van der Waals surface area contributed by atoms with Gasteiger partial charge in [0.1, 0.15) is 11.2 Å². The number of anilines is 1. The number of benzene rings is 1. The SMILES string of the molecule is CSc1cccc(NC(=O)c2sccc2-n2cnnn2)c1. The topological polar surface area (TPSA) is 72.7 Å². The van der Waals surface area contributed by atoms with Crippen LogP contribution in [0, 0.1) is 0 Å². The highest BCUT2D eigenvalue weighted by atomic mass is 32.2. The van der Waals surface area contributed by atoms with Crippen LogP contribution >= 0.6 is 23.1 Å². The second-order valence-electron chi connectivity index (χ2n) is 4.08. The number of tetrazole rings is 1. The number of aromatic nitrogens is 4. The van der Waals surface area contributed by atoms with Gasteiger partial charge in [-0.3, -0.25) is 4.79 Å². The van der Waals surface area contributed by atoms with Crippen LogP contribution < -0.4 is 5.32 Å². The highest BCUT2D eigenvalue weighted by molar-refractivity contribution is 7.98. The summed E-state index contributed by atoms with van der Waals surface area (Å²) in [5, 5.41) is 15.7. The van der Waals surface area contributed by atoms with Crippen molar-refractivity contribution in [1.29, 1.82) is 0 Å². The summed E-state index contributed by atoms with van der Waals surface area (Å²) >= 11 is 2.98. The number of carbonyl (C=O) groups excluding carboxylic acids is 1. The monoisotopic (exact) mass is 317 g/mol. The van der Waals surface area contributed by atoms with Gasteiger partial charge in [0.15, 0.2) is 0 Å². The van der Waals surface area contributed by atoms with Crippen molar-refractivity contribution in [1.82, 2.24) is 20.2 Å². The van der Waals surface area contributed by atoms with Crippen molar-refractivity contribution in [2.75, 3.05) is 11.6 Å². The first-order valence-electron chi connectivity index (χ1n) is 6.04. The molecule has 0 fully saturated rings. The maximum Gasteiger partial charge on any atom is 0.267 e. The summed E-state index contributed by atoms with van der Waals surface area (Å²) in [5.41, 5.74) is 1.44. The van der Waals surface area contributed by atoms with Crippen LogP contribution in [0.4, 0.5) is 5.69 Å². The van der Waals surface area contributed by atoms with Crippen molar-refractivity contribution < 1.29 is 4.79 Å². The first kappa shape index (κ1) is 13.8. The lowest BCUT2D eigenvalue weighted by Crippen LogP contribution is -2.13. The molecule has 1 amide bonds. The first-order chi connectivity index (χ1) is 10.3. The van der Waals surface area contributed by atoms with Crippen LogP contribution in [0.15, 0.2) is 46.9 Å². The lowest BCUT2D eigenvalue weighted by Gasteiger charge is -2.06. The lowest BCUT2D eigenvalue weighted by molar-refractivity contribution is 0.103. The largest absolute Gasteiger partial charge is 0.321 e. The Kier molecular flexibility index (Phi) is 3.98. The summed E-state index contributed by atoms with van der Waals surface area (Å²) in [6.07, 6.45) is 3.46. The number of nitrogens with one attached hydrogen (secondary N) is 1. The Morgan fingerprint density at radius 3 is 3.05 bits per heavy atom. The minimum absolute atomic E-state index is 0.172. The molecule has 0 unspecified atom stereocenters. The molecule has 106 valence electrons. The summed E-state index contributed by atoms with van der Waals surface area (Å²) in [6.45, 7) is 0. The van der Waals surface area contributed by atoms with E-state index in [1.54, 1.807) is 11.8 Å². The van der Waals surface area contributed by atoms with Gasteiger partial charge in [0.25, 0.3) is 5.91 Å². The summed E-state index contributed by atoms with van der Waals surface area (Å²) in [7, 11) is 0. The van der Waals surface area contributed by atoms with E-state index in [9.17, 15) is 4.79 Å². The van der Waals surface area contributed by atoms with Crippen molar-refractivity contribution in [3.63, 3.8) is 0 Å². The van der Waals surface area contributed by atoms with Crippen LogP contribution in [-0.4, -0.2) is 32.4 Å². The first-order valence-corrected chi connectivity index (χ1v) is 8.14. The Labute approximate surface area is 129 Å². The quantitative estimate of drug-likeness (QED) is 0.749. The number of carbonyl (C=O) groups is 1. The molecule has 3 rings (SSSR count). The van der Waals surface area contributed by atoms with Crippen LogP contribution in [0.3, 0.4) is 0 Å². The molecule has 1 N–H and O–H groups in total. The number of thioether (sulfide) groups is 1. The van der Waals surface area contributed by atoms with Crippen LogP contribution in [0.25, 0.3) is 5.69 Å². The Hall–Kier alpha value is -2.19. The Bertz CT molecular complexity index is 754. The standard InChI is InChI=1S/C13H11N5OS2/c1-20-10-4-2-3-9(7-10)15-13(19)12-11(5-6-21-12)18-8-14-16-17-18/h2-8H,1H3,(H,15,19). The fourth-order valence-electron chi connectivity index (χ4n) is 1.81. The van der Waals surface area contributed by atoms with E-state index in [1.165, 1.54) is 22.3 Å². The highest BCUT2D eigenvalue weighted by Gasteiger charge is 2.15. The van der Waals surface area contributed by atoms with Crippen molar-refractivity contribution in [3.8, 4) is 5.69 Å². The van der Waals surface area contributed by atoms with E-state index in [0.29, 0.717) is 10.6 Å². The Morgan fingerprint density at radius 1 is 1.38 bits per heavy atom. The van der Waals surface area contributed by atoms with Gasteiger partial charge in [0.05, 0.1) is 5.69 Å². The van der Waals surface area contributed by atoms with Crippen LogP contribution in [0.1, 0.15) is 9.67 Å². The van der Waals surface area contributed by atoms with Gasteiger partial charge in [0.2, 0.25) is 0 Å². The molecule has 6 nitrogen and oxygen atoms in total. The summed E-state index contributed by atoms with van der Waals surface area (Å²) in [6, 6.07) is 9.53. The summed E-state index contributed by atoms with van der Waals surface area (Å²) in [4.78, 5) is 14.1.